The summed E-state index contributed by atoms with van der Waals surface area (Å²) >= 11 is 2.69. The molecule has 1 aliphatic heterocycles. The molecule has 4 heterocycles. The van der Waals surface area contributed by atoms with Crippen molar-refractivity contribution >= 4 is 56.0 Å². The van der Waals surface area contributed by atoms with Gasteiger partial charge in [-0.3, -0.25) is 4.79 Å². The number of carbonyl (C=O) groups excluding carboxylic acids is 2. The minimum atomic E-state index is -0.571. The maximum absolute atomic E-state index is 14.5. The first-order valence-electron chi connectivity index (χ1n) is 11.5. The first-order chi connectivity index (χ1) is 17.7. The van der Waals surface area contributed by atoms with Crippen LogP contribution in [-0.2, 0) is 4.74 Å². The molecule has 1 saturated heterocycles. The van der Waals surface area contributed by atoms with Gasteiger partial charge < -0.3 is 19.9 Å². The normalized spacial score (nSPS) is 14.2. The fraction of sp³-hybridized carbons (Fsp3) is 0.333. The van der Waals surface area contributed by atoms with Crippen LogP contribution < -0.4 is 5.32 Å². The zero-order valence-corrected chi connectivity index (χ0v) is 22.0. The molecule has 0 unspecified atom stereocenters. The lowest BCUT2D eigenvalue weighted by Gasteiger charge is -2.35. The average Bonchev–Trinajstić information content (AvgIpc) is 3.53. The molecule has 1 aromatic carbocycles. The summed E-state index contributed by atoms with van der Waals surface area (Å²) in [6.45, 7) is 6.98. The highest BCUT2D eigenvalue weighted by atomic mass is 32.1. The highest BCUT2D eigenvalue weighted by Crippen LogP contribution is 2.28. The standard InChI is InChI=1S/C24H24FN7O3S2/c1-24(2,3)35-23(34)32-8-6-31(7-9-32)20(33)17-12-36-22(28-17)30-21-26-11-15(25)19(29-21)14-4-5-16-18(10-14)37-13-27-16/h4-5,10-13H,6-9H2,1-3H3,(H,26,28,29,30). The van der Waals surface area contributed by atoms with E-state index < -0.39 is 11.4 Å². The van der Waals surface area contributed by atoms with Crippen molar-refractivity contribution in [3.8, 4) is 11.3 Å². The number of nitrogens with zero attached hydrogens (tertiary/aromatic N) is 6. The smallest absolute Gasteiger partial charge is 0.410 e. The number of benzene rings is 1. The zero-order valence-electron chi connectivity index (χ0n) is 20.4. The maximum Gasteiger partial charge on any atom is 0.410 e. The number of hydrogen-bond donors (Lipinski definition) is 1. The van der Waals surface area contributed by atoms with Crippen molar-refractivity contribution in [2.24, 2.45) is 0 Å². The Balaban J connectivity index is 1.24. The van der Waals surface area contributed by atoms with E-state index in [1.165, 1.54) is 22.7 Å². The fourth-order valence-electron chi connectivity index (χ4n) is 3.74. The quantitative estimate of drug-likeness (QED) is 0.393. The van der Waals surface area contributed by atoms with Crippen LogP contribution >= 0.6 is 22.7 Å². The second-order valence-electron chi connectivity index (χ2n) is 9.35. The topological polar surface area (TPSA) is 113 Å². The maximum atomic E-state index is 14.5. The van der Waals surface area contributed by atoms with Crippen molar-refractivity contribution in [3.05, 3.63) is 46.8 Å². The summed E-state index contributed by atoms with van der Waals surface area (Å²) in [5.74, 6) is -0.609. The molecule has 0 spiro atoms. The second kappa shape index (κ2) is 9.98. The van der Waals surface area contributed by atoms with Gasteiger partial charge in [0.15, 0.2) is 10.9 Å². The highest BCUT2D eigenvalue weighted by Gasteiger charge is 2.29. The number of carbonyl (C=O) groups is 2. The van der Waals surface area contributed by atoms with Gasteiger partial charge in [-0.25, -0.2) is 29.1 Å². The van der Waals surface area contributed by atoms with Gasteiger partial charge in [0.25, 0.3) is 5.91 Å². The zero-order chi connectivity index (χ0) is 26.2. The van der Waals surface area contributed by atoms with Gasteiger partial charge in [-0.05, 0) is 32.9 Å². The van der Waals surface area contributed by atoms with Crippen LogP contribution in [0.3, 0.4) is 0 Å². The Bertz CT molecular complexity index is 1460. The van der Waals surface area contributed by atoms with Crippen LogP contribution in [0.25, 0.3) is 21.5 Å². The lowest BCUT2D eigenvalue weighted by atomic mass is 10.1. The molecule has 3 aromatic heterocycles. The predicted molar refractivity (Wildman–Crippen MR) is 140 cm³/mol. The van der Waals surface area contributed by atoms with Crippen molar-refractivity contribution in [3.63, 3.8) is 0 Å². The third-order valence-corrected chi connectivity index (χ3v) is 7.06. The second-order valence-corrected chi connectivity index (χ2v) is 11.1. The van der Waals surface area contributed by atoms with E-state index in [1.807, 2.05) is 32.9 Å². The van der Waals surface area contributed by atoms with Crippen molar-refractivity contribution in [2.75, 3.05) is 31.5 Å². The summed E-state index contributed by atoms with van der Waals surface area (Å²) in [5, 5.41) is 5.02. The predicted octanol–water partition coefficient (Wildman–Crippen LogP) is 4.79. The minimum absolute atomic E-state index is 0.156. The Kier molecular flexibility index (Phi) is 6.73. The highest BCUT2D eigenvalue weighted by molar-refractivity contribution is 7.16. The molecule has 2 amide bonds. The van der Waals surface area contributed by atoms with E-state index in [0.717, 1.165) is 16.4 Å². The molecule has 10 nitrogen and oxygen atoms in total. The lowest BCUT2D eigenvalue weighted by Crippen LogP contribution is -2.51. The Hall–Kier alpha value is -3.71. The number of fused-ring (bicyclic) bond motifs is 1. The lowest BCUT2D eigenvalue weighted by molar-refractivity contribution is 0.0140. The van der Waals surface area contributed by atoms with Gasteiger partial charge in [0, 0.05) is 37.1 Å². The molecule has 0 saturated carbocycles. The SMILES string of the molecule is CC(C)(C)OC(=O)N1CCN(C(=O)c2csc(Nc3ncc(F)c(-c4ccc5ncsc5c4)n3)n2)CC1. The third kappa shape index (κ3) is 5.67. The number of thiazole rings is 2. The average molecular weight is 542 g/mol. The number of halogens is 1. The Morgan fingerprint density at radius 2 is 1.81 bits per heavy atom. The number of anilines is 2. The molecule has 0 bridgehead atoms. The molecular weight excluding hydrogens is 517 g/mol. The van der Waals surface area contributed by atoms with Crippen molar-refractivity contribution < 1.29 is 18.7 Å². The summed E-state index contributed by atoms with van der Waals surface area (Å²) in [4.78, 5) is 45.4. The van der Waals surface area contributed by atoms with Crippen LogP contribution in [0.4, 0.5) is 20.3 Å². The summed E-state index contributed by atoms with van der Waals surface area (Å²) in [5.41, 5.74) is 3.05. The summed E-state index contributed by atoms with van der Waals surface area (Å²) in [7, 11) is 0. The monoisotopic (exact) mass is 541 g/mol. The molecule has 0 radical (unpaired) electrons. The molecule has 0 aliphatic carbocycles. The van der Waals surface area contributed by atoms with E-state index in [2.05, 4.69) is 25.3 Å². The molecule has 13 heteroatoms. The summed E-state index contributed by atoms with van der Waals surface area (Å²) < 4.78 is 20.9. The van der Waals surface area contributed by atoms with Crippen LogP contribution in [0.5, 0.6) is 0 Å². The first kappa shape index (κ1) is 25.0. The Labute approximate surface area is 220 Å². The largest absolute Gasteiger partial charge is 0.444 e. The van der Waals surface area contributed by atoms with E-state index >= 15 is 0 Å². The molecule has 192 valence electrons. The molecule has 0 atom stereocenters. The molecule has 1 aliphatic rings. The number of hydrogen-bond acceptors (Lipinski definition) is 10. The van der Waals surface area contributed by atoms with Crippen LogP contribution in [-0.4, -0.2) is 73.5 Å². The van der Waals surface area contributed by atoms with Gasteiger partial charge in [-0.1, -0.05) is 6.07 Å². The number of rotatable bonds is 4. The summed E-state index contributed by atoms with van der Waals surface area (Å²) in [6, 6.07) is 5.42. The van der Waals surface area contributed by atoms with Gasteiger partial charge in [-0.15, -0.1) is 22.7 Å². The molecular formula is C24H24FN7O3S2. The number of ether oxygens (including phenoxy) is 1. The van der Waals surface area contributed by atoms with Gasteiger partial charge >= 0.3 is 6.09 Å². The van der Waals surface area contributed by atoms with Crippen LogP contribution in [0.1, 0.15) is 31.3 Å². The van der Waals surface area contributed by atoms with E-state index in [1.54, 1.807) is 26.8 Å². The molecule has 4 aromatic rings. The van der Waals surface area contributed by atoms with Gasteiger partial charge in [0.05, 0.1) is 21.9 Å². The number of piperazine rings is 1. The Morgan fingerprint density at radius 3 is 2.57 bits per heavy atom. The van der Waals surface area contributed by atoms with Crippen molar-refractivity contribution in [1.29, 1.82) is 0 Å². The molecule has 1 N–H and O–H groups in total. The minimum Gasteiger partial charge on any atom is -0.444 e. The van der Waals surface area contributed by atoms with Crippen molar-refractivity contribution in [2.45, 2.75) is 26.4 Å². The molecule has 37 heavy (non-hydrogen) atoms. The van der Waals surface area contributed by atoms with Crippen LogP contribution in [0.2, 0.25) is 0 Å². The van der Waals surface area contributed by atoms with Gasteiger partial charge in [0.1, 0.15) is 17.0 Å². The third-order valence-electron chi connectivity index (χ3n) is 5.51. The molecule has 1 fully saturated rings. The van der Waals surface area contributed by atoms with Gasteiger partial charge in [-0.2, -0.15) is 0 Å². The van der Waals surface area contributed by atoms with Crippen LogP contribution in [0, 0.1) is 5.82 Å². The van der Waals surface area contributed by atoms with E-state index in [4.69, 9.17) is 4.74 Å². The number of amides is 2. The van der Waals surface area contributed by atoms with Crippen molar-refractivity contribution in [1.82, 2.24) is 29.7 Å². The Morgan fingerprint density at radius 1 is 1.05 bits per heavy atom. The van der Waals surface area contributed by atoms with E-state index in [-0.39, 0.29) is 29.3 Å². The molecule has 5 rings (SSSR count). The summed E-state index contributed by atoms with van der Waals surface area (Å²) in [6.07, 6.45) is 0.719. The first-order valence-corrected chi connectivity index (χ1v) is 13.3. The number of nitrogens with one attached hydrogen (secondary N) is 1. The fourth-order valence-corrected chi connectivity index (χ4v) is 5.13. The van der Waals surface area contributed by atoms with Gasteiger partial charge in [0.2, 0.25) is 5.95 Å². The van der Waals surface area contributed by atoms with E-state index in [0.29, 0.717) is 36.9 Å². The number of aromatic nitrogens is 4. The van der Waals surface area contributed by atoms with E-state index in [9.17, 15) is 14.0 Å². The van der Waals surface area contributed by atoms with Crippen LogP contribution in [0.15, 0.2) is 35.3 Å².